The first-order chi connectivity index (χ1) is 5.75. The molecule has 2 heterocycles. The summed E-state index contributed by atoms with van der Waals surface area (Å²) in [7, 11) is 0. The Morgan fingerprint density at radius 3 is 2.92 bits per heavy atom. The predicted octanol–water partition coefficient (Wildman–Crippen LogP) is 2.40. The molecule has 0 saturated heterocycles. The maximum atomic E-state index is 4.29. The van der Waals surface area contributed by atoms with Crippen LogP contribution in [-0.2, 0) is 0 Å². The van der Waals surface area contributed by atoms with E-state index in [1.807, 2.05) is 18.5 Å². The normalized spacial score (nSPS) is 10.5. The Labute approximate surface area is 82.2 Å². The molecule has 0 radical (unpaired) electrons. The van der Waals surface area contributed by atoms with E-state index in [2.05, 4.69) is 26.0 Å². The van der Waals surface area contributed by atoms with E-state index in [4.69, 9.17) is 0 Å². The van der Waals surface area contributed by atoms with E-state index in [-0.39, 0.29) is 0 Å². The van der Waals surface area contributed by atoms with Crippen molar-refractivity contribution in [1.29, 1.82) is 0 Å². The maximum absolute atomic E-state index is 4.29. The van der Waals surface area contributed by atoms with Crippen LogP contribution in [0.3, 0.4) is 0 Å². The Kier molecular flexibility index (Phi) is 1.98. The van der Waals surface area contributed by atoms with Crippen molar-refractivity contribution in [3.05, 3.63) is 27.9 Å². The van der Waals surface area contributed by atoms with Gasteiger partial charge in [-0.1, -0.05) is 0 Å². The molecule has 12 heavy (non-hydrogen) atoms. The van der Waals surface area contributed by atoms with Crippen LogP contribution in [0.1, 0.15) is 5.69 Å². The number of aryl methyl sites for hydroxylation is 1. The molecule has 0 aliphatic rings. The highest BCUT2D eigenvalue weighted by molar-refractivity contribution is 9.10. The van der Waals surface area contributed by atoms with Gasteiger partial charge in [-0.15, -0.1) is 11.3 Å². The highest BCUT2D eigenvalue weighted by Crippen LogP contribution is 2.15. The molecule has 0 amide bonds. The minimum atomic E-state index is 0.901. The van der Waals surface area contributed by atoms with Gasteiger partial charge in [0.1, 0.15) is 0 Å². The zero-order valence-electron chi connectivity index (χ0n) is 6.36. The fourth-order valence-electron chi connectivity index (χ4n) is 0.852. The number of hydrogen-bond donors (Lipinski definition) is 0. The lowest BCUT2D eigenvalue weighted by molar-refractivity contribution is 0.865. The second-order valence-corrected chi connectivity index (χ2v) is 4.13. The predicted molar refractivity (Wildman–Crippen MR) is 51.7 cm³/mol. The lowest BCUT2D eigenvalue weighted by Gasteiger charge is -1.90. The number of nitrogens with zero attached hydrogens (tertiary/aromatic N) is 3. The van der Waals surface area contributed by atoms with E-state index in [1.54, 1.807) is 22.2 Å². The third-order valence-corrected chi connectivity index (χ3v) is 2.71. The van der Waals surface area contributed by atoms with Crippen LogP contribution in [0.15, 0.2) is 22.2 Å². The van der Waals surface area contributed by atoms with Gasteiger partial charge >= 0.3 is 0 Å². The Balaban J connectivity index is 2.43. The van der Waals surface area contributed by atoms with Gasteiger partial charge in [0.05, 0.1) is 16.4 Å². The molecule has 0 unspecified atom stereocenters. The van der Waals surface area contributed by atoms with Crippen LogP contribution in [0, 0.1) is 6.92 Å². The highest BCUT2D eigenvalue weighted by atomic mass is 79.9. The smallest absolute Gasteiger partial charge is 0.210 e. The molecule has 0 aliphatic carbocycles. The average Bonchev–Trinajstić information content (AvgIpc) is 2.58. The molecule has 0 N–H and O–H groups in total. The molecule has 3 nitrogen and oxygen atoms in total. The number of rotatable bonds is 1. The summed E-state index contributed by atoms with van der Waals surface area (Å²) in [4.78, 5) is 4.29. The number of halogens is 1. The van der Waals surface area contributed by atoms with Crippen molar-refractivity contribution in [2.45, 2.75) is 6.92 Å². The zero-order chi connectivity index (χ0) is 8.55. The average molecular weight is 244 g/mol. The second kappa shape index (κ2) is 2.99. The molecule has 0 aliphatic heterocycles. The molecular weight excluding hydrogens is 238 g/mol. The Hall–Kier alpha value is -0.680. The molecule has 2 rings (SSSR count). The summed E-state index contributed by atoms with van der Waals surface area (Å²) in [5.41, 5.74) is 1.03. The molecule has 0 spiro atoms. The number of hydrogen-bond acceptors (Lipinski definition) is 3. The molecule has 0 bridgehead atoms. The minimum Gasteiger partial charge on any atom is -0.224 e. The van der Waals surface area contributed by atoms with E-state index in [0.717, 1.165) is 15.3 Å². The molecule has 5 heteroatoms. The van der Waals surface area contributed by atoms with E-state index in [9.17, 15) is 0 Å². The van der Waals surface area contributed by atoms with Crippen molar-refractivity contribution in [1.82, 2.24) is 14.8 Å². The van der Waals surface area contributed by atoms with Gasteiger partial charge < -0.3 is 0 Å². The van der Waals surface area contributed by atoms with Crippen LogP contribution >= 0.6 is 27.3 Å². The van der Waals surface area contributed by atoms with Crippen molar-refractivity contribution in [3.63, 3.8) is 0 Å². The first-order valence-corrected chi connectivity index (χ1v) is 5.05. The first-order valence-electron chi connectivity index (χ1n) is 3.38. The summed E-state index contributed by atoms with van der Waals surface area (Å²) in [5.74, 6) is 0. The van der Waals surface area contributed by atoms with Gasteiger partial charge in [0.15, 0.2) is 0 Å². The summed E-state index contributed by atoms with van der Waals surface area (Å²) >= 11 is 4.91. The molecule has 62 valence electrons. The Morgan fingerprint density at radius 1 is 1.58 bits per heavy atom. The lowest BCUT2D eigenvalue weighted by atomic mass is 10.6. The topological polar surface area (TPSA) is 30.7 Å². The fraction of sp³-hybridized carbons (Fsp3) is 0.143. The van der Waals surface area contributed by atoms with Crippen molar-refractivity contribution in [2.24, 2.45) is 0 Å². The lowest BCUT2D eigenvalue weighted by Crippen LogP contribution is -1.92. The van der Waals surface area contributed by atoms with Crippen LogP contribution in [0.2, 0.25) is 0 Å². The van der Waals surface area contributed by atoms with Crippen molar-refractivity contribution in [3.8, 4) is 5.13 Å². The van der Waals surface area contributed by atoms with Crippen LogP contribution in [0.25, 0.3) is 5.13 Å². The van der Waals surface area contributed by atoms with Crippen molar-refractivity contribution >= 4 is 27.3 Å². The van der Waals surface area contributed by atoms with Gasteiger partial charge in [-0.05, 0) is 22.9 Å². The zero-order valence-corrected chi connectivity index (χ0v) is 8.76. The SMILES string of the molecule is Cc1csc(-n2cc(Br)cn2)n1. The third kappa shape index (κ3) is 1.42. The number of thiazole rings is 1. The molecular formula is C7H6BrN3S. The van der Waals surface area contributed by atoms with E-state index in [1.165, 1.54) is 0 Å². The molecule has 2 aromatic rings. The summed E-state index contributed by atoms with van der Waals surface area (Å²) in [6.45, 7) is 1.97. The van der Waals surface area contributed by atoms with Gasteiger partial charge in [0, 0.05) is 11.6 Å². The van der Waals surface area contributed by atoms with Crippen molar-refractivity contribution < 1.29 is 0 Å². The summed E-state index contributed by atoms with van der Waals surface area (Å²) in [5, 5.41) is 7.02. The molecule has 2 aromatic heterocycles. The van der Waals surface area contributed by atoms with Gasteiger partial charge in [0.25, 0.3) is 0 Å². The van der Waals surface area contributed by atoms with Gasteiger partial charge in [-0.3, -0.25) is 0 Å². The minimum absolute atomic E-state index is 0.901. The first kappa shape index (κ1) is 7.94. The molecule has 0 saturated carbocycles. The van der Waals surface area contributed by atoms with Gasteiger partial charge in [-0.2, -0.15) is 5.10 Å². The van der Waals surface area contributed by atoms with Crippen LogP contribution in [-0.4, -0.2) is 14.8 Å². The molecule has 0 aromatic carbocycles. The quantitative estimate of drug-likeness (QED) is 0.771. The maximum Gasteiger partial charge on any atom is 0.210 e. The fourth-order valence-corrected chi connectivity index (χ4v) is 1.87. The summed E-state index contributed by atoms with van der Waals surface area (Å²) in [6, 6.07) is 0. The molecule has 0 atom stereocenters. The standard InChI is InChI=1S/C7H6BrN3S/c1-5-4-12-7(10-5)11-3-6(8)2-9-11/h2-4H,1H3. The Morgan fingerprint density at radius 2 is 2.42 bits per heavy atom. The second-order valence-electron chi connectivity index (χ2n) is 2.37. The third-order valence-electron chi connectivity index (χ3n) is 1.35. The van der Waals surface area contributed by atoms with Crippen LogP contribution < -0.4 is 0 Å². The van der Waals surface area contributed by atoms with Crippen LogP contribution in [0.4, 0.5) is 0 Å². The Bertz CT molecular complexity index is 355. The summed E-state index contributed by atoms with van der Waals surface area (Å²) in [6.07, 6.45) is 3.63. The summed E-state index contributed by atoms with van der Waals surface area (Å²) < 4.78 is 2.72. The van der Waals surface area contributed by atoms with Gasteiger partial charge in [0.2, 0.25) is 5.13 Å². The van der Waals surface area contributed by atoms with E-state index >= 15 is 0 Å². The van der Waals surface area contributed by atoms with Crippen molar-refractivity contribution in [2.75, 3.05) is 0 Å². The van der Waals surface area contributed by atoms with E-state index in [0.29, 0.717) is 0 Å². The van der Waals surface area contributed by atoms with Crippen LogP contribution in [0.5, 0.6) is 0 Å². The monoisotopic (exact) mass is 243 g/mol. The molecule has 0 fully saturated rings. The van der Waals surface area contributed by atoms with E-state index < -0.39 is 0 Å². The number of aromatic nitrogens is 3. The van der Waals surface area contributed by atoms with Gasteiger partial charge in [-0.25, -0.2) is 9.67 Å². The highest BCUT2D eigenvalue weighted by Gasteiger charge is 2.01. The largest absolute Gasteiger partial charge is 0.224 e.